The van der Waals surface area contributed by atoms with Crippen molar-refractivity contribution in [3.63, 3.8) is 0 Å². The summed E-state index contributed by atoms with van der Waals surface area (Å²) in [6, 6.07) is 60.0. The van der Waals surface area contributed by atoms with Crippen molar-refractivity contribution >= 4 is 22.7 Å². The van der Waals surface area contributed by atoms with Crippen LogP contribution in [0.25, 0.3) is 67.4 Å². The molecule has 0 saturated heterocycles. The van der Waals surface area contributed by atoms with Crippen LogP contribution in [0.1, 0.15) is 22.3 Å². The van der Waals surface area contributed by atoms with Gasteiger partial charge in [-0.15, -0.1) is 0 Å². The lowest BCUT2D eigenvalue weighted by Crippen LogP contribution is -2.32. The first-order chi connectivity index (χ1) is 26.3. The minimum atomic E-state index is -0.475. The number of aromatic nitrogens is 3. The van der Waals surface area contributed by atoms with Gasteiger partial charge in [0.05, 0.1) is 11.7 Å². The first-order valence-electron chi connectivity index (χ1n) is 17.8. The molecule has 0 bridgehead atoms. The maximum absolute atomic E-state index is 6.37. The number of hydrogen-bond donors (Lipinski definition) is 0. The van der Waals surface area contributed by atoms with Crippen LogP contribution in [0.5, 0.6) is 0 Å². The zero-order valence-corrected chi connectivity index (χ0v) is 29.2. The molecule has 0 amide bonds. The summed E-state index contributed by atoms with van der Waals surface area (Å²) in [5.41, 5.74) is 13.1. The molecule has 0 fully saturated rings. The van der Waals surface area contributed by atoms with Crippen LogP contribution in [-0.2, 0) is 5.41 Å². The van der Waals surface area contributed by atoms with E-state index in [1.54, 1.807) is 0 Å². The van der Waals surface area contributed by atoms with E-state index in [4.69, 9.17) is 19.4 Å². The molecule has 2 aromatic heterocycles. The highest BCUT2D eigenvalue weighted by atomic mass is 32.2. The van der Waals surface area contributed by atoms with Gasteiger partial charge in [0.2, 0.25) is 0 Å². The molecule has 2 aliphatic rings. The van der Waals surface area contributed by atoms with Crippen LogP contribution in [0, 0.1) is 0 Å². The lowest BCUT2D eigenvalue weighted by atomic mass is 9.67. The van der Waals surface area contributed by atoms with Crippen molar-refractivity contribution < 1.29 is 4.42 Å². The lowest BCUT2D eigenvalue weighted by molar-refractivity contribution is 0.616. The highest BCUT2D eigenvalue weighted by molar-refractivity contribution is 7.99. The van der Waals surface area contributed by atoms with Gasteiger partial charge in [0.1, 0.15) is 5.58 Å². The Morgan fingerprint density at radius 3 is 1.51 bits per heavy atom. The fourth-order valence-corrected chi connectivity index (χ4v) is 9.62. The van der Waals surface area contributed by atoms with Gasteiger partial charge in [-0.2, -0.15) is 0 Å². The Morgan fingerprint density at radius 2 is 0.906 bits per heavy atom. The fourth-order valence-electron chi connectivity index (χ4n) is 8.43. The largest absolute Gasteiger partial charge is 0.464 e. The molecular formula is C48H29N3OS. The summed E-state index contributed by atoms with van der Waals surface area (Å²) in [5, 5.41) is 1.12. The Morgan fingerprint density at radius 1 is 0.415 bits per heavy atom. The Balaban J connectivity index is 1.11. The van der Waals surface area contributed by atoms with Crippen molar-refractivity contribution in [1.29, 1.82) is 0 Å². The van der Waals surface area contributed by atoms with Crippen LogP contribution >= 0.6 is 11.8 Å². The zero-order valence-electron chi connectivity index (χ0n) is 28.4. The summed E-state index contributed by atoms with van der Waals surface area (Å²) in [6.45, 7) is 0. The maximum atomic E-state index is 6.37. The second kappa shape index (κ2) is 11.7. The number of nitrogens with zero attached hydrogens (tertiary/aromatic N) is 3. The summed E-state index contributed by atoms with van der Waals surface area (Å²) in [4.78, 5) is 17.4. The fraction of sp³-hybridized carbons (Fsp3) is 0.0208. The van der Waals surface area contributed by atoms with E-state index in [-0.39, 0.29) is 0 Å². The van der Waals surface area contributed by atoms with Crippen LogP contribution in [0.15, 0.2) is 190 Å². The third-order valence-electron chi connectivity index (χ3n) is 10.7. The molecule has 5 heteroatoms. The molecule has 1 spiro atoms. The highest BCUT2D eigenvalue weighted by Crippen LogP contribution is 2.63. The van der Waals surface area contributed by atoms with Gasteiger partial charge < -0.3 is 4.42 Å². The Hall–Kier alpha value is -6.56. The second-order valence-electron chi connectivity index (χ2n) is 13.5. The molecular weight excluding hydrogens is 667 g/mol. The van der Waals surface area contributed by atoms with E-state index in [2.05, 4.69) is 109 Å². The third-order valence-corrected chi connectivity index (χ3v) is 11.8. The van der Waals surface area contributed by atoms with Crippen molar-refractivity contribution in [3.05, 3.63) is 198 Å². The molecule has 53 heavy (non-hydrogen) atoms. The molecule has 1 aliphatic carbocycles. The Labute approximate surface area is 310 Å². The molecule has 3 heterocycles. The van der Waals surface area contributed by atoms with Crippen molar-refractivity contribution in [3.8, 4) is 56.4 Å². The molecule has 0 N–H and O–H groups in total. The normalized spacial score (nSPS) is 13.4. The Bertz CT molecular complexity index is 2760. The van der Waals surface area contributed by atoms with E-state index >= 15 is 0 Å². The van der Waals surface area contributed by atoms with Gasteiger partial charge in [-0.3, -0.25) is 0 Å². The van der Waals surface area contributed by atoms with Crippen molar-refractivity contribution in [2.75, 3.05) is 0 Å². The van der Waals surface area contributed by atoms with Crippen LogP contribution < -0.4 is 0 Å². The third kappa shape index (κ3) is 4.47. The van der Waals surface area contributed by atoms with E-state index in [0.717, 1.165) is 38.8 Å². The first kappa shape index (κ1) is 30.1. The minimum Gasteiger partial charge on any atom is -0.464 e. The molecule has 0 unspecified atom stereocenters. The summed E-state index contributed by atoms with van der Waals surface area (Å²) in [7, 11) is 0. The van der Waals surface area contributed by atoms with Crippen molar-refractivity contribution in [2.45, 2.75) is 15.2 Å². The van der Waals surface area contributed by atoms with E-state index < -0.39 is 5.41 Å². The molecule has 0 radical (unpaired) electrons. The zero-order chi connectivity index (χ0) is 34.9. The van der Waals surface area contributed by atoms with Gasteiger partial charge in [-0.25, -0.2) is 15.0 Å². The van der Waals surface area contributed by atoms with Crippen molar-refractivity contribution in [2.24, 2.45) is 0 Å². The molecule has 0 atom stereocenters. The highest BCUT2D eigenvalue weighted by Gasteiger charge is 2.51. The summed E-state index contributed by atoms with van der Waals surface area (Å²) >= 11 is 1.86. The number of fused-ring (bicyclic) bond motifs is 11. The predicted molar refractivity (Wildman–Crippen MR) is 213 cm³/mol. The SMILES string of the molecule is c1ccc(-c2nc(-c3ccccc3)nc(-c3ccc(-c4cc5c(c6ccoc46)-c4ccccc4C54c5ccccc5Sc5ccccc54)cc3)n2)cc1. The maximum Gasteiger partial charge on any atom is 0.164 e. The summed E-state index contributed by atoms with van der Waals surface area (Å²) in [6.07, 6.45) is 1.83. The van der Waals surface area contributed by atoms with E-state index in [1.807, 2.05) is 78.7 Å². The van der Waals surface area contributed by atoms with Crippen LogP contribution in [-0.4, -0.2) is 15.0 Å². The number of benzene rings is 7. The predicted octanol–water partition coefficient (Wildman–Crippen LogP) is 12.1. The van der Waals surface area contributed by atoms with Crippen LogP contribution in [0.2, 0.25) is 0 Å². The topological polar surface area (TPSA) is 51.8 Å². The van der Waals surface area contributed by atoms with Crippen LogP contribution in [0.4, 0.5) is 0 Å². The van der Waals surface area contributed by atoms with Gasteiger partial charge in [0.25, 0.3) is 0 Å². The first-order valence-corrected chi connectivity index (χ1v) is 18.6. The molecule has 9 aromatic rings. The lowest BCUT2D eigenvalue weighted by Gasteiger charge is -2.39. The summed E-state index contributed by atoms with van der Waals surface area (Å²) in [5.74, 6) is 1.92. The monoisotopic (exact) mass is 695 g/mol. The van der Waals surface area contributed by atoms with Gasteiger partial charge in [0, 0.05) is 37.4 Å². The molecule has 7 aromatic carbocycles. The molecule has 248 valence electrons. The molecule has 4 nitrogen and oxygen atoms in total. The molecule has 1 aliphatic heterocycles. The number of hydrogen-bond acceptors (Lipinski definition) is 5. The standard InChI is InChI=1S/C48H29N3OS/c1-3-13-31(14-4-1)45-49-46(32-15-5-2-6-16-32)51-47(50-45)33-25-23-30(24-26-33)36-29-40-43(35-27-28-52-44(35)36)34-17-7-8-18-37(34)48(40)38-19-9-11-21-41(38)53-42-22-12-10-20-39(42)48/h1-29H. The average Bonchev–Trinajstić information content (AvgIpc) is 3.83. The minimum absolute atomic E-state index is 0.475. The summed E-state index contributed by atoms with van der Waals surface area (Å²) < 4.78 is 6.37. The van der Waals surface area contributed by atoms with Crippen LogP contribution in [0.3, 0.4) is 0 Å². The number of rotatable bonds is 4. The van der Waals surface area contributed by atoms with Gasteiger partial charge >= 0.3 is 0 Å². The number of furan rings is 1. The molecule has 11 rings (SSSR count). The van der Waals surface area contributed by atoms with E-state index in [0.29, 0.717) is 17.5 Å². The molecule has 0 saturated carbocycles. The quantitative estimate of drug-likeness (QED) is 0.183. The second-order valence-corrected chi connectivity index (χ2v) is 14.6. The van der Waals surface area contributed by atoms with Crippen molar-refractivity contribution in [1.82, 2.24) is 15.0 Å². The van der Waals surface area contributed by atoms with Gasteiger partial charge in [-0.05, 0) is 63.2 Å². The van der Waals surface area contributed by atoms with Gasteiger partial charge in [-0.1, -0.05) is 157 Å². The average molecular weight is 696 g/mol. The smallest absolute Gasteiger partial charge is 0.164 e. The van der Waals surface area contributed by atoms with E-state index in [9.17, 15) is 0 Å². The van der Waals surface area contributed by atoms with Gasteiger partial charge in [0.15, 0.2) is 17.5 Å². The van der Waals surface area contributed by atoms with E-state index in [1.165, 1.54) is 43.2 Å². The Kier molecular flexibility index (Phi) is 6.67.